The smallest absolute Gasteiger partial charge is 0.275 e. The van der Waals surface area contributed by atoms with Crippen LogP contribution in [0.3, 0.4) is 0 Å². The van der Waals surface area contributed by atoms with Crippen molar-refractivity contribution in [1.82, 2.24) is 0 Å². The first-order valence-electron chi connectivity index (χ1n) is 7.05. The number of non-ortho nitro benzene ring substituents is 1. The minimum absolute atomic E-state index is 0.0155. The van der Waals surface area contributed by atoms with E-state index in [-0.39, 0.29) is 11.8 Å². The zero-order chi connectivity index (χ0) is 14.5. The van der Waals surface area contributed by atoms with Gasteiger partial charge in [0.15, 0.2) is 0 Å². The van der Waals surface area contributed by atoms with E-state index in [4.69, 9.17) is 10.6 Å². The Kier molecular flexibility index (Phi) is 4.79. The molecule has 2 rings (SSSR count). The van der Waals surface area contributed by atoms with Gasteiger partial charge in [0.1, 0.15) is 5.75 Å². The summed E-state index contributed by atoms with van der Waals surface area (Å²) < 4.78 is 5.92. The number of nitrogen functional groups attached to an aromatic ring is 1. The average Bonchev–Trinajstić information content (AvgIpc) is 2.47. The van der Waals surface area contributed by atoms with Gasteiger partial charge in [-0.25, -0.2) is 0 Å². The summed E-state index contributed by atoms with van der Waals surface area (Å²) in [7, 11) is 0. The van der Waals surface area contributed by atoms with E-state index in [0.717, 1.165) is 25.7 Å². The van der Waals surface area contributed by atoms with E-state index in [1.165, 1.54) is 18.6 Å². The number of hydrazine groups is 1. The van der Waals surface area contributed by atoms with Crippen LogP contribution in [0.1, 0.15) is 39.0 Å². The Morgan fingerprint density at radius 3 is 2.90 bits per heavy atom. The number of ether oxygens (including phenoxy) is 1. The van der Waals surface area contributed by atoms with Crippen molar-refractivity contribution in [2.45, 2.75) is 45.1 Å². The minimum atomic E-state index is -0.441. The second kappa shape index (κ2) is 6.56. The molecule has 0 bridgehead atoms. The van der Waals surface area contributed by atoms with Crippen molar-refractivity contribution in [2.24, 2.45) is 11.8 Å². The van der Waals surface area contributed by atoms with Gasteiger partial charge in [-0.1, -0.05) is 19.8 Å². The Balaban J connectivity index is 2.11. The maximum absolute atomic E-state index is 10.9. The molecule has 1 aliphatic carbocycles. The van der Waals surface area contributed by atoms with Gasteiger partial charge in [-0.05, 0) is 25.2 Å². The molecule has 1 fully saturated rings. The van der Waals surface area contributed by atoms with Crippen molar-refractivity contribution in [3.63, 3.8) is 0 Å². The molecule has 0 saturated heterocycles. The molecular weight excluding hydrogens is 258 g/mol. The van der Waals surface area contributed by atoms with Crippen molar-refractivity contribution in [3.05, 3.63) is 28.3 Å². The lowest BCUT2D eigenvalue weighted by atomic mass is 9.85. The largest absolute Gasteiger partial charge is 0.490 e. The summed E-state index contributed by atoms with van der Waals surface area (Å²) in [5.41, 5.74) is 2.90. The van der Waals surface area contributed by atoms with E-state index in [1.807, 2.05) is 0 Å². The van der Waals surface area contributed by atoms with Gasteiger partial charge in [-0.3, -0.25) is 16.0 Å². The number of nitrogens with one attached hydrogen (secondary N) is 1. The first-order valence-corrected chi connectivity index (χ1v) is 7.05. The fourth-order valence-corrected chi connectivity index (χ4v) is 2.75. The van der Waals surface area contributed by atoms with Gasteiger partial charge in [-0.2, -0.15) is 0 Å². The summed E-state index contributed by atoms with van der Waals surface area (Å²) in [4.78, 5) is 10.5. The molecule has 1 aromatic rings. The molecular formula is C14H21N3O3. The second-order valence-corrected chi connectivity index (χ2v) is 5.30. The predicted molar refractivity (Wildman–Crippen MR) is 77.6 cm³/mol. The lowest BCUT2D eigenvalue weighted by Crippen LogP contribution is -2.25. The standard InChI is InChI=1S/C14H21N3O3/c1-2-10-4-3-5-13(6-10)20-14-8-11(16-15)7-12(9-14)17(18)19/h7-10,13,16H,2-6,15H2,1H3. The van der Waals surface area contributed by atoms with E-state index in [0.29, 0.717) is 17.4 Å². The molecule has 6 heteroatoms. The van der Waals surface area contributed by atoms with Gasteiger partial charge in [0, 0.05) is 12.1 Å². The normalized spacial score (nSPS) is 22.3. The second-order valence-electron chi connectivity index (χ2n) is 5.30. The van der Waals surface area contributed by atoms with E-state index in [2.05, 4.69) is 12.3 Å². The molecule has 1 aliphatic rings. The van der Waals surface area contributed by atoms with Crippen LogP contribution in [0.15, 0.2) is 18.2 Å². The topological polar surface area (TPSA) is 90.4 Å². The maximum atomic E-state index is 10.9. The van der Waals surface area contributed by atoms with Crippen molar-refractivity contribution in [2.75, 3.05) is 5.43 Å². The molecule has 2 unspecified atom stereocenters. The van der Waals surface area contributed by atoms with Gasteiger partial charge < -0.3 is 10.2 Å². The van der Waals surface area contributed by atoms with Crippen molar-refractivity contribution < 1.29 is 9.66 Å². The number of benzene rings is 1. The molecule has 1 aromatic carbocycles. The van der Waals surface area contributed by atoms with E-state index >= 15 is 0 Å². The number of rotatable bonds is 5. The van der Waals surface area contributed by atoms with Gasteiger partial charge >= 0.3 is 0 Å². The number of hydrogen-bond donors (Lipinski definition) is 2. The fourth-order valence-electron chi connectivity index (χ4n) is 2.75. The highest BCUT2D eigenvalue weighted by molar-refractivity contribution is 5.55. The van der Waals surface area contributed by atoms with E-state index in [1.54, 1.807) is 6.07 Å². The first kappa shape index (κ1) is 14.6. The van der Waals surface area contributed by atoms with Gasteiger partial charge in [0.25, 0.3) is 5.69 Å². The molecule has 0 aromatic heterocycles. The molecule has 20 heavy (non-hydrogen) atoms. The average molecular weight is 279 g/mol. The lowest BCUT2D eigenvalue weighted by molar-refractivity contribution is -0.384. The third kappa shape index (κ3) is 3.60. The number of nitrogens with two attached hydrogens (primary N) is 1. The summed E-state index contributed by atoms with van der Waals surface area (Å²) in [6.45, 7) is 2.19. The van der Waals surface area contributed by atoms with Gasteiger partial charge in [0.05, 0.1) is 22.8 Å². The summed E-state index contributed by atoms with van der Waals surface area (Å²) in [5, 5.41) is 10.9. The quantitative estimate of drug-likeness (QED) is 0.490. The van der Waals surface area contributed by atoms with Crippen molar-refractivity contribution in [1.29, 1.82) is 0 Å². The fraction of sp³-hybridized carbons (Fsp3) is 0.571. The molecule has 3 N–H and O–H groups in total. The van der Waals surface area contributed by atoms with Crippen LogP contribution in [0.2, 0.25) is 0 Å². The van der Waals surface area contributed by atoms with Crippen molar-refractivity contribution >= 4 is 11.4 Å². The van der Waals surface area contributed by atoms with Crippen LogP contribution in [0.25, 0.3) is 0 Å². The number of nitro benzene ring substituents is 1. The monoisotopic (exact) mass is 279 g/mol. The molecule has 0 amide bonds. The summed E-state index contributed by atoms with van der Waals surface area (Å²) in [6.07, 6.45) is 5.72. The predicted octanol–water partition coefficient (Wildman–Crippen LogP) is 3.23. The van der Waals surface area contributed by atoms with Crippen LogP contribution >= 0.6 is 0 Å². The zero-order valence-electron chi connectivity index (χ0n) is 11.7. The van der Waals surface area contributed by atoms with Crippen LogP contribution < -0.4 is 16.0 Å². The van der Waals surface area contributed by atoms with E-state index < -0.39 is 4.92 Å². The summed E-state index contributed by atoms with van der Waals surface area (Å²) >= 11 is 0. The van der Waals surface area contributed by atoms with Crippen LogP contribution in [0, 0.1) is 16.0 Å². The Hall–Kier alpha value is -1.82. The highest BCUT2D eigenvalue weighted by Crippen LogP contribution is 2.32. The van der Waals surface area contributed by atoms with Gasteiger partial charge in [-0.15, -0.1) is 0 Å². The van der Waals surface area contributed by atoms with Crippen LogP contribution in [0.4, 0.5) is 11.4 Å². The summed E-state index contributed by atoms with van der Waals surface area (Å²) in [6, 6.07) is 4.54. The van der Waals surface area contributed by atoms with Gasteiger partial charge in [0.2, 0.25) is 0 Å². The summed E-state index contributed by atoms with van der Waals surface area (Å²) in [5.74, 6) is 6.54. The lowest BCUT2D eigenvalue weighted by Gasteiger charge is -2.29. The minimum Gasteiger partial charge on any atom is -0.490 e. The number of hydrogen-bond acceptors (Lipinski definition) is 5. The molecule has 6 nitrogen and oxygen atoms in total. The van der Waals surface area contributed by atoms with E-state index in [9.17, 15) is 10.1 Å². The zero-order valence-corrected chi connectivity index (χ0v) is 11.7. The van der Waals surface area contributed by atoms with Crippen molar-refractivity contribution in [3.8, 4) is 5.75 Å². The van der Waals surface area contributed by atoms with Crippen LogP contribution in [0.5, 0.6) is 5.75 Å². The molecule has 2 atom stereocenters. The third-order valence-electron chi connectivity index (χ3n) is 3.88. The number of nitrogens with zero attached hydrogens (tertiary/aromatic N) is 1. The Morgan fingerprint density at radius 2 is 2.25 bits per heavy atom. The Bertz CT molecular complexity index is 479. The Labute approximate surface area is 118 Å². The number of anilines is 1. The highest BCUT2D eigenvalue weighted by Gasteiger charge is 2.23. The molecule has 0 spiro atoms. The Morgan fingerprint density at radius 1 is 1.45 bits per heavy atom. The molecule has 0 heterocycles. The maximum Gasteiger partial charge on any atom is 0.275 e. The van der Waals surface area contributed by atoms with Crippen LogP contribution in [-0.2, 0) is 0 Å². The highest BCUT2D eigenvalue weighted by atomic mass is 16.6. The first-order chi connectivity index (χ1) is 9.62. The number of nitro groups is 1. The molecule has 110 valence electrons. The molecule has 0 radical (unpaired) electrons. The van der Waals surface area contributed by atoms with Crippen LogP contribution in [-0.4, -0.2) is 11.0 Å². The molecule has 1 saturated carbocycles. The SMILES string of the molecule is CCC1CCCC(Oc2cc(NN)cc([N+](=O)[O-])c2)C1. The third-order valence-corrected chi connectivity index (χ3v) is 3.88. The molecule has 0 aliphatic heterocycles.